The van der Waals surface area contributed by atoms with Crippen LogP contribution in [-0.2, 0) is 4.74 Å². The number of hydrogen-bond donors (Lipinski definition) is 1. The summed E-state index contributed by atoms with van der Waals surface area (Å²) in [4.78, 5) is 2.63. The van der Waals surface area contributed by atoms with Crippen molar-refractivity contribution in [2.75, 3.05) is 26.8 Å². The largest absolute Gasteiger partial charge is 0.383 e. The van der Waals surface area contributed by atoms with Gasteiger partial charge >= 0.3 is 0 Å². The van der Waals surface area contributed by atoms with Crippen LogP contribution in [0.1, 0.15) is 39.5 Å². The van der Waals surface area contributed by atoms with Crippen molar-refractivity contribution in [2.45, 2.75) is 51.6 Å². The second-order valence-electron chi connectivity index (χ2n) is 6.60. The summed E-state index contributed by atoms with van der Waals surface area (Å²) in [5, 5.41) is 0. The lowest BCUT2D eigenvalue weighted by Crippen LogP contribution is -2.47. The maximum absolute atomic E-state index is 6.40. The zero-order valence-electron chi connectivity index (χ0n) is 12.3. The van der Waals surface area contributed by atoms with Crippen LogP contribution in [0.3, 0.4) is 0 Å². The Morgan fingerprint density at radius 3 is 2.50 bits per heavy atom. The Bertz CT molecular complexity index is 243. The SMILES string of the molecule is COCCN(CC1C(C)CC(C)CC1N)C1CC1. The molecule has 0 aromatic heterocycles. The topological polar surface area (TPSA) is 38.5 Å². The molecule has 0 heterocycles. The quantitative estimate of drug-likeness (QED) is 0.789. The van der Waals surface area contributed by atoms with E-state index in [0.29, 0.717) is 12.0 Å². The first-order valence-electron chi connectivity index (χ1n) is 7.60. The summed E-state index contributed by atoms with van der Waals surface area (Å²) >= 11 is 0. The second kappa shape index (κ2) is 6.36. The molecule has 3 heteroatoms. The smallest absolute Gasteiger partial charge is 0.0589 e. The molecule has 3 nitrogen and oxygen atoms in total. The summed E-state index contributed by atoms with van der Waals surface area (Å²) in [6.45, 7) is 7.84. The Morgan fingerprint density at radius 1 is 1.22 bits per heavy atom. The lowest BCUT2D eigenvalue weighted by Gasteiger charge is -2.40. The van der Waals surface area contributed by atoms with Gasteiger partial charge in [0, 0.05) is 32.3 Å². The van der Waals surface area contributed by atoms with E-state index >= 15 is 0 Å². The van der Waals surface area contributed by atoms with Crippen LogP contribution < -0.4 is 5.73 Å². The number of methoxy groups -OCH3 is 1. The van der Waals surface area contributed by atoms with E-state index < -0.39 is 0 Å². The van der Waals surface area contributed by atoms with E-state index in [1.165, 1.54) is 32.2 Å². The minimum atomic E-state index is 0.396. The Morgan fingerprint density at radius 2 is 1.94 bits per heavy atom. The van der Waals surface area contributed by atoms with Crippen LogP contribution in [0.4, 0.5) is 0 Å². The molecule has 0 aromatic rings. The van der Waals surface area contributed by atoms with Crippen molar-refractivity contribution in [3.05, 3.63) is 0 Å². The summed E-state index contributed by atoms with van der Waals surface area (Å²) in [5.41, 5.74) is 6.40. The van der Waals surface area contributed by atoms with Gasteiger partial charge in [-0.05, 0) is 43.4 Å². The molecular formula is C15H30N2O. The summed E-state index contributed by atoms with van der Waals surface area (Å²) in [6, 6.07) is 1.21. The van der Waals surface area contributed by atoms with E-state index in [4.69, 9.17) is 10.5 Å². The third-order valence-electron chi connectivity index (χ3n) is 4.82. The molecule has 2 N–H and O–H groups in total. The van der Waals surface area contributed by atoms with Gasteiger partial charge in [-0.2, -0.15) is 0 Å². The lowest BCUT2D eigenvalue weighted by molar-refractivity contribution is 0.0891. The van der Waals surface area contributed by atoms with Crippen LogP contribution in [0, 0.1) is 17.8 Å². The van der Waals surface area contributed by atoms with Gasteiger partial charge in [-0.3, -0.25) is 4.90 Å². The van der Waals surface area contributed by atoms with Crippen molar-refractivity contribution in [2.24, 2.45) is 23.5 Å². The zero-order valence-corrected chi connectivity index (χ0v) is 12.3. The van der Waals surface area contributed by atoms with Gasteiger partial charge in [0.15, 0.2) is 0 Å². The molecule has 2 saturated carbocycles. The first-order valence-corrected chi connectivity index (χ1v) is 7.60. The molecule has 18 heavy (non-hydrogen) atoms. The maximum atomic E-state index is 6.40. The van der Waals surface area contributed by atoms with Crippen molar-refractivity contribution < 1.29 is 4.74 Å². The van der Waals surface area contributed by atoms with Crippen molar-refractivity contribution in [1.82, 2.24) is 4.90 Å². The fraction of sp³-hybridized carbons (Fsp3) is 1.00. The predicted octanol–water partition coefficient (Wildman–Crippen LogP) is 2.11. The second-order valence-corrected chi connectivity index (χ2v) is 6.60. The van der Waals surface area contributed by atoms with Crippen LogP contribution >= 0.6 is 0 Å². The van der Waals surface area contributed by atoms with Crippen LogP contribution in [0.5, 0.6) is 0 Å². The van der Waals surface area contributed by atoms with Gasteiger partial charge in [-0.15, -0.1) is 0 Å². The van der Waals surface area contributed by atoms with Gasteiger partial charge in [0.1, 0.15) is 0 Å². The normalized spacial score (nSPS) is 37.2. The molecule has 0 bridgehead atoms. The molecule has 0 radical (unpaired) electrons. The Kier molecular flexibility index (Phi) is 5.05. The molecule has 0 spiro atoms. The highest BCUT2D eigenvalue weighted by Gasteiger charge is 2.36. The van der Waals surface area contributed by atoms with Gasteiger partial charge in [0.2, 0.25) is 0 Å². The average Bonchev–Trinajstić information content (AvgIpc) is 3.11. The molecule has 0 amide bonds. The first kappa shape index (κ1) is 14.3. The number of ether oxygens (including phenoxy) is 1. The van der Waals surface area contributed by atoms with Gasteiger partial charge in [-0.25, -0.2) is 0 Å². The van der Waals surface area contributed by atoms with E-state index in [0.717, 1.165) is 31.0 Å². The van der Waals surface area contributed by atoms with Crippen LogP contribution in [0.25, 0.3) is 0 Å². The third-order valence-corrected chi connectivity index (χ3v) is 4.82. The monoisotopic (exact) mass is 254 g/mol. The molecule has 0 saturated heterocycles. The van der Waals surface area contributed by atoms with Crippen molar-refractivity contribution >= 4 is 0 Å². The lowest BCUT2D eigenvalue weighted by atomic mass is 9.72. The van der Waals surface area contributed by atoms with Crippen molar-refractivity contribution in [3.63, 3.8) is 0 Å². The predicted molar refractivity (Wildman–Crippen MR) is 75.5 cm³/mol. The molecule has 0 aliphatic heterocycles. The van der Waals surface area contributed by atoms with Crippen molar-refractivity contribution in [3.8, 4) is 0 Å². The maximum Gasteiger partial charge on any atom is 0.0589 e. The fourth-order valence-electron chi connectivity index (χ4n) is 3.62. The van der Waals surface area contributed by atoms with Crippen LogP contribution in [0.15, 0.2) is 0 Å². The van der Waals surface area contributed by atoms with E-state index in [-0.39, 0.29) is 0 Å². The first-order chi connectivity index (χ1) is 8.61. The Balaban J connectivity index is 1.88. The van der Waals surface area contributed by atoms with Gasteiger partial charge in [0.25, 0.3) is 0 Å². The third kappa shape index (κ3) is 3.69. The summed E-state index contributed by atoms with van der Waals surface area (Å²) in [6.07, 6.45) is 5.30. The molecule has 2 aliphatic rings. The van der Waals surface area contributed by atoms with Gasteiger partial charge < -0.3 is 10.5 Å². The molecule has 2 aliphatic carbocycles. The average molecular weight is 254 g/mol. The van der Waals surface area contributed by atoms with E-state index in [9.17, 15) is 0 Å². The van der Waals surface area contributed by atoms with Gasteiger partial charge in [-0.1, -0.05) is 13.8 Å². The van der Waals surface area contributed by atoms with Gasteiger partial charge in [0.05, 0.1) is 6.61 Å². The number of nitrogens with two attached hydrogens (primary N) is 1. The minimum Gasteiger partial charge on any atom is -0.383 e. The molecule has 4 unspecified atom stereocenters. The van der Waals surface area contributed by atoms with E-state index in [1.54, 1.807) is 7.11 Å². The highest BCUT2D eigenvalue weighted by molar-refractivity contribution is 4.91. The van der Waals surface area contributed by atoms with E-state index in [2.05, 4.69) is 18.7 Å². The van der Waals surface area contributed by atoms with E-state index in [1.807, 2.05) is 0 Å². The number of hydrogen-bond acceptors (Lipinski definition) is 3. The van der Waals surface area contributed by atoms with Crippen LogP contribution in [-0.4, -0.2) is 43.8 Å². The number of nitrogens with zero attached hydrogens (tertiary/aromatic N) is 1. The molecule has 106 valence electrons. The van der Waals surface area contributed by atoms with Crippen molar-refractivity contribution in [1.29, 1.82) is 0 Å². The highest BCUT2D eigenvalue weighted by atomic mass is 16.5. The molecule has 4 atom stereocenters. The van der Waals surface area contributed by atoms with Crippen LogP contribution in [0.2, 0.25) is 0 Å². The Labute approximate surface area is 112 Å². The zero-order chi connectivity index (χ0) is 13.1. The number of rotatable bonds is 6. The molecule has 2 rings (SSSR count). The summed E-state index contributed by atoms with van der Waals surface area (Å²) < 4.78 is 5.24. The summed E-state index contributed by atoms with van der Waals surface area (Å²) in [5.74, 6) is 2.26. The fourth-order valence-corrected chi connectivity index (χ4v) is 3.62. The Hall–Kier alpha value is -0.120. The molecule has 2 fully saturated rings. The highest BCUT2D eigenvalue weighted by Crippen LogP contribution is 2.35. The minimum absolute atomic E-state index is 0.396. The molecular weight excluding hydrogens is 224 g/mol. The standard InChI is InChI=1S/C15H30N2O/c1-11-8-12(2)14(15(16)9-11)10-17(6-7-18-3)13-4-5-13/h11-15H,4-10,16H2,1-3H3. The summed E-state index contributed by atoms with van der Waals surface area (Å²) in [7, 11) is 1.79. The molecule has 0 aromatic carbocycles.